The summed E-state index contributed by atoms with van der Waals surface area (Å²) in [6.45, 7) is 6.10. The van der Waals surface area contributed by atoms with Crippen molar-refractivity contribution in [2.75, 3.05) is 11.1 Å². The van der Waals surface area contributed by atoms with Crippen LogP contribution < -0.4 is 5.32 Å². The highest BCUT2D eigenvalue weighted by atomic mass is 32.2. The highest BCUT2D eigenvalue weighted by Gasteiger charge is 2.17. The predicted molar refractivity (Wildman–Crippen MR) is 134 cm³/mol. The Balaban J connectivity index is 1.46. The maximum absolute atomic E-state index is 12.5. The summed E-state index contributed by atoms with van der Waals surface area (Å²) in [7, 11) is 0. The van der Waals surface area contributed by atoms with Crippen LogP contribution in [-0.2, 0) is 4.79 Å². The van der Waals surface area contributed by atoms with Gasteiger partial charge in [-0.25, -0.2) is 0 Å². The number of hydrogen-bond donors (Lipinski definition) is 1. The lowest BCUT2D eigenvalue weighted by molar-refractivity contribution is -0.116. The second-order valence-corrected chi connectivity index (χ2v) is 8.99. The molecule has 0 spiro atoms. The standard InChI is InChI=1S/C26H27N5OS/c1-18-8-4-5-11-22(18)31-25(21-13-15-27-16-14-21)29-30-26(31)33-17-7-12-23(32)28-24-19(2)9-6-10-20(24)3/h4-6,8-11,13-16H,7,12,17H2,1-3H3,(H,28,32). The topological polar surface area (TPSA) is 72.7 Å². The van der Waals surface area contributed by atoms with Crippen molar-refractivity contribution in [3.63, 3.8) is 0 Å². The number of aryl methyl sites for hydroxylation is 3. The molecule has 2 heterocycles. The summed E-state index contributed by atoms with van der Waals surface area (Å²) < 4.78 is 2.09. The molecular formula is C26H27N5OS. The van der Waals surface area contributed by atoms with Gasteiger partial charge in [-0.3, -0.25) is 14.3 Å². The van der Waals surface area contributed by atoms with Gasteiger partial charge in [0.2, 0.25) is 5.91 Å². The molecule has 33 heavy (non-hydrogen) atoms. The molecule has 0 saturated heterocycles. The van der Waals surface area contributed by atoms with E-state index in [4.69, 9.17) is 0 Å². The van der Waals surface area contributed by atoms with Crippen LogP contribution in [0.1, 0.15) is 29.5 Å². The van der Waals surface area contributed by atoms with E-state index in [0.717, 1.165) is 56.8 Å². The lowest BCUT2D eigenvalue weighted by Gasteiger charge is -2.13. The van der Waals surface area contributed by atoms with E-state index in [1.54, 1.807) is 24.2 Å². The molecule has 0 atom stereocenters. The Labute approximate surface area is 198 Å². The molecule has 0 bridgehead atoms. The van der Waals surface area contributed by atoms with Crippen molar-refractivity contribution in [2.45, 2.75) is 38.8 Å². The summed E-state index contributed by atoms with van der Waals surface area (Å²) in [6, 6.07) is 18.1. The molecule has 168 valence electrons. The number of nitrogens with zero attached hydrogens (tertiary/aromatic N) is 4. The Kier molecular flexibility index (Phi) is 7.19. The van der Waals surface area contributed by atoms with Gasteiger partial charge in [-0.2, -0.15) is 0 Å². The Morgan fingerprint density at radius 2 is 1.61 bits per heavy atom. The summed E-state index contributed by atoms with van der Waals surface area (Å²) >= 11 is 1.61. The van der Waals surface area contributed by atoms with Gasteiger partial charge in [0.05, 0.1) is 5.69 Å². The molecule has 6 nitrogen and oxygen atoms in total. The first-order valence-electron chi connectivity index (χ1n) is 11.0. The van der Waals surface area contributed by atoms with Crippen LogP contribution in [0.2, 0.25) is 0 Å². The van der Waals surface area contributed by atoms with Crippen LogP contribution in [0.5, 0.6) is 0 Å². The second-order valence-electron chi connectivity index (χ2n) is 7.93. The number of rotatable bonds is 8. The summed E-state index contributed by atoms with van der Waals surface area (Å²) in [5.41, 5.74) is 6.21. The van der Waals surface area contributed by atoms with Gasteiger partial charge in [-0.1, -0.05) is 48.2 Å². The number of anilines is 1. The smallest absolute Gasteiger partial charge is 0.224 e. The van der Waals surface area contributed by atoms with Gasteiger partial charge in [0.15, 0.2) is 11.0 Å². The molecule has 4 rings (SSSR count). The van der Waals surface area contributed by atoms with Crippen LogP contribution in [0.15, 0.2) is 72.1 Å². The molecule has 0 radical (unpaired) electrons. The fourth-order valence-electron chi connectivity index (χ4n) is 3.69. The van der Waals surface area contributed by atoms with Gasteiger partial charge < -0.3 is 5.32 Å². The van der Waals surface area contributed by atoms with Gasteiger partial charge in [0.25, 0.3) is 0 Å². The maximum Gasteiger partial charge on any atom is 0.224 e. The van der Waals surface area contributed by atoms with Crippen LogP contribution in [0.4, 0.5) is 5.69 Å². The average Bonchev–Trinajstić information content (AvgIpc) is 3.24. The van der Waals surface area contributed by atoms with E-state index in [2.05, 4.69) is 44.1 Å². The van der Waals surface area contributed by atoms with Crippen molar-refractivity contribution in [2.24, 2.45) is 0 Å². The van der Waals surface area contributed by atoms with E-state index in [9.17, 15) is 4.79 Å². The monoisotopic (exact) mass is 457 g/mol. The van der Waals surface area contributed by atoms with Crippen LogP contribution in [0.3, 0.4) is 0 Å². The van der Waals surface area contributed by atoms with Crippen molar-refractivity contribution in [3.05, 3.63) is 83.7 Å². The molecular weight excluding hydrogens is 430 g/mol. The molecule has 0 aliphatic heterocycles. The highest BCUT2D eigenvalue weighted by molar-refractivity contribution is 7.99. The van der Waals surface area contributed by atoms with Crippen molar-refractivity contribution in [3.8, 4) is 17.1 Å². The van der Waals surface area contributed by atoms with Gasteiger partial charge in [0, 0.05) is 35.8 Å². The third-order valence-corrected chi connectivity index (χ3v) is 6.47. The van der Waals surface area contributed by atoms with Crippen LogP contribution in [0.25, 0.3) is 17.1 Å². The number of nitrogens with one attached hydrogen (secondary N) is 1. The van der Waals surface area contributed by atoms with Gasteiger partial charge >= 0.3 is 0 Å². The Bertz CT molecular complexity index is 1230. The number of amides is 1. The zero-order valence-corrected chi connectivity index (χ0v) is 19.9. The Morgan fingerprint density at radius 1 is 0.909 bits per heavy atom. The molecule has 0 fully saturated rings. The number of aromatic nitrogens is 4. The molecule has 0 saturated carbocycles. The summed E-state index contributed by atoms with van der Waals surface area (Å²) in [6.07, 6.45) is 4.71. The highest BCUT2D eigenvalue weighted by Crippen LogP contribution is 2.29. The SMILES string of the molecule is Cc1ccccc1-n1c(SCCCC(=O)Nc2c(C)cccc2C)nnc1-c1ccncc1. The van der Waals surface area contributed by atoms with E-state index in [1.165, 1.54) is 0 Å². The van der Waals surface area contributed by atoms with Gasteiger partial charge in [-0.05, 0) is 62.1 Å². The number of carbonyl (C=O) groups is 1. The van der Waals surface area contributed by atoms with E-state index >= 15 is 0 Å². The van der Waals surface area contributed by atoms with Crippen molar-refractivity contribution >= 4 is 23.4 Å². The second kappa shape index (κ2) is 10.4. The largest absolute Gasteiger partial charge is 0.326 e. The quantitative estimate of drug-likeness (QED) is 0.269. The fraction of sp³-hybridized carbons (Fsp3) is 0.231. The number of carbonyl (C=O) groups excluding carboxylic acids is 1. The zero-order valence-electron chi connectivity index (χ0n) is 19.1. The lowest BCUT2D eigenvalue weighted by Crippen LogP contribution is -2.13. The Morgan fingerprint density at radius 3 is 2.33 bits per heavy atom. The lowest BCUT2D eigenvalue weighted by atomic mass is 10.1. The minimum Gasteiger partial charge on any atom is -0.326 e. The van der Waals surface area contributed by atoms with Gasteiger partial charge in [0.1, 0.15) is 0 Å². The van der Waals surface area contributed by atoms with Crippen molar-refractivity contribution in [1.29, 1.82) is 0 Å². The molecule has 4 aromatic rings. The maximum atomic E-state index is 12.5. The molecule has 0 aliphatic rings. The van der Waals surface area contributed by atoms with Crippen LogP contribution in [-0.4, -0.2) is 31.4 Å². The molecule has 2 aromatic carbocycles. The third-order valence-electron chi connectivity index (χ3n) is 5.45. The Hall–Kier alpha value is -3.45. The van der Waals surface area contributed by atoms with Crippen LogP contribution >= 0.6 is 11.8 Å². The zero-order chi connectivity index (χ0) is 23.2. The number of pyridine rings is 1. The molecule has 1 amide bonds. The number of hydrogen-bond acceptors (Lipinski definition) is 5. The minimum atomic E-state index is 0.0332. The fourth-order valence-corrected chi connectivity index (χ4v) is 4.58. The number of benzene rings is 2. The summed E-state index contributed by atoms with van der Waals surface area (Å²) in [4.78, 5) is 16.6. The average molecular weight is 458 g/mol. The van der Waals surface area contributed by atoms with Crippen LogP contribution in [0, 0.1) is 20.8 Å². The minimum absolute atomic E-state index is 0.0332. The molecule has 0 aliphatic carbocycles. The number of para-hydroxylation sites is 2. The first-order valence-corrected chi connectivity index (χ1v) is 11.9. The van der Waals surface area contributed by atoms with E-state index in [-0.39, 0.29) is 5.91 Å². The molecule has 1 N–H and O–H groups in total. The van der Waals surface area contributed by atoms with E-state index < -0.39 is 0 Å². The van der Waals surface area contributed by atoms with Crippen molar-refractivity contribution < 1.29 is 4.79 Å². The summed E-state index contributed by atoms with van der Waals surface area (Å²) in [5, 5.41) is 12.8. The van der Waals surface area contributed by atoms with E-state index in [1.807, 2.05) is 56.3 Å². The van der Waals surface area contributed by atoms with E-state index in [0.29, 0.717) is 6.42 Å². The van der Waals surface area contributed by atoms with Crippen molar-refractivity contribution in [1.82, 2.24) is 19.7 Å². The summed E-state index contributed by atoms with van der Waals surface area (Å²) in [5.74, 6) is 1.58. The first-order chi connectivity index (χ1) is 16.0. The third kappa shape index (κ3) is 5.31. The van der Waals surface area contributed by atoms with Gasteiger partial charge in [-0.15, -0.1) is 10.2 Å². The first kappa shape index (κ1) is 22.7. The number of thioether (sulfide) groups is 1. The molecule has 0 unspecified atom stereocenters. The molecule has 2 aromatic heterocycles. The normalized spacial score (nSPS) is 10.9. The predicted octanol–water partition coefficient (Wildman–Crippen LogP) is 5.77. The molecule has 7 heteroatoms.